The van der Waals surface area contributed by atoms with Gasteiger partial charge in [-0.3, -0.25) is 0 Å². The molecule has 3 N–H and O–H groups in total. The fourth-order valence-electron chi connectivity index (χ4n) is 2.76. The van der Waals surface area contributed by atoms with E-state index in [0.29, 0.717) is 18.1 Å². The molecule has 100 valence electrons. The number of nitrogens with two attached hydrogens (primary N) is 1. The predicted molar refractivity (Wildman–Crippen MR) is 76.5 cm³/mol. The summed E-state index contributed by atoms with van der Waals surface area (Å²) in [4.78, 5) is 2.24. The zero-order chi connectivity index (χ0) is 13.0. The van der Waals surface area contributed by atoms with Crippen molar-refractivity contribution < 1.29 is 0 Å². The van der Waals surface area contributed by atoms with E-state index < -0.39 is 0 Å². The minimum absolute atomic E-state index is 0.387. The van der Waals surface area contributed by atoms with Crippen molar-refractivity contribution in [2.45, 2.75) is 37.4 Å². The van der Waals surface area contributed by atoms with Crippen molar-refractivity contribution >= 4 is 0 Å². The molecule has 2 rings (SSSR count). The summed E-state index contributed by atoms with van der Waals surface area (Å²) in [6.07, 6.45) is 3.47. The van der Waals surface area contributed by atoms with Gasteiger partial charge >= 0.3 is 0 Å². The van der Waals surface area contributed by atoms with Gasteiger partial charge in [0.2, 0.25) is 0 Å². The Morgan fingerprint density at radius 3 is 2.56 bits per heavy atom. The van der Waals surface area contributed by atoms with Crippen LogP contribution in [0.3, 0.4) is 0 Å². The Balaban J connectivity index is 2.01. The maximum Gasteiger partial charge on any atom is 0.0451 e. The van der Waals surface area contributed by atoms with Crippen LogP contribution in [0.15, 0.2) is 30.3 Å². The molecule has 0 bridgehead atoms. The van der Waals surface area contributed by atoms with E-state index in [-0.39, 0.29) is 0 Å². The van der Waals surface area contributed by atoms with Gasteiger partial charge < -0.3 is 16.0 Å². The number of benzene rings is 1. The molecule has 0 heterocycles. The fraction of sp³-hybridized carbons (Fsp3) is 0.600. The summed E-state index contributed by atoms with van der Waals surface area (Å²) >= 11 is 0. The van der Waals surface area contributed by atoms with Crippen molar-refractivity contribution in [1.82, 2.24) is 10.2 Å². The molecule has 0 radical (unpaired) electrons. The Morgan fingerprint density at radius 2 is 2.00 bits per heavy atom. The molecule has 3 nitrogen and oxygen atoms in total. The second-order valence-electron chi connectivity index (χ2n) is 5.66. The lowest BCUT2D eigenvalue weighted by Crippen LogP contribution is -2.37. The Hall–Kier alpha value is -0.900. The molecule has 3 atom stereocenters. The van der Waals surface area contributed by atoms with Crippen LogP contribution in [0.25, 0.3) is 0 Å². The average molecular weight is 247 g/mol. The van der Waals surface area contributed by atoms with E-state index in [1.807, 2.05) is 0 Å². The molecule has 0 aromatic heterocycles. The van der Waals surface area contributed by atoms with E-state index in [2.05, 4.69) is 54.6 Å². The van der Waals surface area contributed by atoms with E-state index in [1.165, 1.54) is 12.0 Å². The molecule has 3 unspecified atom stereocenters. The number of nitrogens with one attached hydrogen (secondary N) is 1. The summed E-state index contributed by atoms with van der Waals surface area (Å²) in [6, 6.07) is 12.1. The van der Waals surface area contributed by atoms with Crippen molar-refractivity contribution in [3.8, 4) is 0 Å². The Morgan fingerprint density at radius 1 is 1.28 bits per heavy atom. The second kappa shape index (κ2) is 6.32. The predicted octanol–water partition coefficient (Wildman–Crippen LogP) is 1.76. The summed E-state index contributed by atoms with van der Waals surface area (Å²) in [5.41, 5.74) is 7.36. The molecule has 1 fully saturated rings. The molecular weight excluding hydrogens is 222 g/mol. The van der Waals surface area contributed by atoms with Gasteiger partial charge in [0.05, 0.1) is 0 Å². The number of likely N-dealkylation sites (N-methyl/N-ethyl adjacent to an activating group) is 1. The van der Waals surface area contributed by atoms with Crippen LogP contribution in [0.5, 0.6) is 0 Å². The molecule has 1 aromatic carbocycles. The second-order valence-corrected chi connectivity index (χ2v) is 5.66. The molecule has 0 aliphatic heterocycles. The normalized spacial score (nSPS) is 25.6. The first kappa shape index (κ1) is 13.5. The minimum Gasteiger partial charge on any atom is -0.328 e. The highest BCUT2D eigenvalue weighted by Crippen LogP contribution is 2.22. The summed E-state index contributed by atoms with van der Waals surface area (Å²) in [5.74, 6) is 0. The van der Waals surface area contributed by atoms with Crippen molar-refractivity contribution in [1.29, 1.82) is 0 Å². The van der Waals surface area contributed by atoms with Crippen molar-refractivity contribution in [3.05, 3.63) is 35.9 Å². The van der Waals surface area contributed by atoms with Crippen LogP contribution in [0.4, 0.5) is 0 Å². The maximum atomic E-state index is 5.99. The number of hydrogen-bond acceptors (Lipinski definition) is 3. The zero-order valence-electron chi connectivity index (χ0n) is 11.5. The van der Waals surface area contributed by atoms with Gasteiger partial charge in [0, 0.05) is 24.7 Å². The van der Waals surface area contributed by atoms with Gasteiger partial charge in [0.1, 0.15) is 0 Å². The SMILES string of the molecule is CN(C)CC(NC1CCC(N)C1)c1ccccc1. The summed E-state index contributed by atoms with van der Waals surface area (Å²) in [7, 11) is 4.25. The first-order valence-electron chi connectivity index (χ1n) is 6.86. The maximum absolute atomic E-state index is 5.99. The van der Waals surface area contributed by atoms with Gasteiger partial charge in [-0.15, -0.1) is 0 Å². The van der Waals surface area contributed by atoms with Crippen LogP contribution >= 0.6 is 0 Å². The van der Waals surface area contributed by atoms with E-state index in [0.717, 1.165) is 19.4 Å². The van der Waals surface area contributed by atoms with Gasteiger partial charge in [-0.2, -0.15) is 0 Å². The van der Waals surface area contributed by atoms with Crippen molar-refractivity contribution in [3.63, 3.8) is 0 Å². The fourth-order valence-corrected chi connectivity index (χ4v) is 2.76. The third-order valence-electron chi connectivity index (χ3n) is 3.66. The lowest BCUT2D eigenvalue weighted by atomic mass is 10.0. The number of nitrogens with zero attached hydrogens (tertiary/aromatic N) is 1. The quantitative estimate of drug-likeness (QED) is 0.833. The highest BCUT2D eigenvalue weighted by atomic mass is 15.1. The van der Waals surface area contributed by atoms with Crippen molar-refractivity contribution in [2.24, 2.45) is 5.73 Å². The van der Waals surface area contributed by atoms with Crippen LogP contribution in [-0.2, 0) is 0 Å². The van der Waals surface area contributed by atoms with Crippen LogP contribution in [0.1, 0.15) is 30.9 Å². The molecular formula is C15H25N3. The lowest BCUT2D eigenvalue weighted by molar-refractivity contribution is 0.318. The standard InChI is InChI=1S/C15H25N3/c1-18(2)11-15(12-6-4-3-5-7-12)17-14-9-8-13(16)10-14/h3-7,13-15,17H,8-11,16H2,1-2H3. The molecule has 1 aliphatic rings. The van der Waals surface area contributed by atoms with Gasteiger partial charge in [-0.25, -0.2) is 0 Å². The third-order valence-corrected chi connectivity index (χ3v) is 3.66. The van der Waals surface area contributed by atoms with E-state index in [9.17, 15) is 0 Å². The number of rotatable bonds is 5. The van der Waals surface area contributed by atoms with Crippen LogP contribution in [0, 0.1) is 0 Å². The molecule has 3 heteroatoms. The Labute approximate surface area is 110 Å². The van der Waals surface area contributed by atoms with Gasteiger partial charge in [-0.05, 0) is 38.9 Å². The van der Waals surface area contributed by atoms with Gasteiger partial charge in [0.25, 0.3) is 0 Å². The van der Waals surface area contributed by atoms with Crippen LogP contribution in [-0.4, -0.2) is 37.6 Å². The van der Waals surface area contributed by atoms with Gasteiger partial charge in [0.15, 0.2) is 0 Å². The molecule has 1 aromatic rings. The minimum atomic E-state index is 0.387. The Kier molecular flexibility index (Phi) is 4.75. The highest BCUT2D eigenvalue weighted by molar-refractivity contribution is 5.19. The Bertz CT molecular complexity index is 350. The lowest BCUT2D eigenvalue weighted by Gasteiger charge is -2.26. The van der Waals surface area contributed by atoms with E-state index >= 15 is 0 Å². The van der Waals surface area contributed by atoms with E-state index in [4.69, 9.17) is 5.73 Å². The third kappa shape index (κ3) is 3.80. The molecule has 0 spiro atoms. The summed E-state index contributed by atoms with van der Waals surface area (Å²) < 4.78 is 0. The van der Waals surface area contributed by atoms with Gasteiger partial charge in [-0.1, -0.05) is 30.3 Å². The van der Waals surface area contributed by atoms with Crippen LogP contribution < -0.4 is 11.1 Å². The first-order valence-corrected chi connectivity index (χ1v) is 6.86. The average Bonchev–Trinajstić information content (AvgIpc) is 2.75. The molecule has 18 heavy (non-hydrogen) atoms. The molecule has 1 saturated carbocycles. The van der Waals surface area contributed by atoms with Crippen molar-refractivity contribution in [2.75, 3.05) is 20.6 Å². The number of hydrogen-bond donors (Lipinski definition) is 2. The highest BCUT2D eigenvalue weighted by Gasteiger charge is 2.24. The molecule has 0 saturated heterocycles. The first-order chi connectivity index (χ1) is 8.65. The van der Waals surface area contributed by atoms with Crippen LogP contribution in [0.2, 0.25) is 0 Å². The molecule has 1 aliphatic carbocycles. The summed E-state index contributed by atoms with van der Waals surface area (Å²) in [5, 5.41) is 3.77. The zero-order valence-corrected chi connectivity index (χ0v) is 11.5. The monoisotopic (exact) mass is 247 g/mol. The van der Waals surface area contributed by atoms with E-state index in [1.54, 1.807) is 0 Å². The largest absolute Gasteiger partial charge is 0.328 e. The summed E-state index contributed by atoms with van der Waals surface area (Å²) in [6.45, 7) is 1.02. The topological polar surface area (TPSA) is 41.3 Å². The smallest absolute Gasteiger partial charge is 0.0451 e. The molecule has 0 amide bonds.